The molecule has 0 amide bonds. The summed E-state index contributed by atoms with van der Waals surface area (Å²) in [6, 6.07) is 12.7. The summed E-state index contributed by atoms with van der Waals surface area (Å²) in [5.41, 5.74) is 4.48. The second-order valence-corrected chi connectivity index (χ2v) is 7.41. The number of rotatable bonds is 5. The van der Waals surface area contributed by atoms with Crippen molar-refractivity contribution in [1.29, 1.82) is 0 Å². The third-order valence-corrected chi connectivity index (χ3v) is 4.85. The summed E-state index contributed by atoms with van der Waals surface area (Å²) in [6.07, 6.45) is 4.64. The summed E-state index contributed by atoms with van der Waals surface area (Å²) < 4.78 is 3.63. The molecule has 0 aliphatic rings. The van der Waals surface area contributed by atoms with Crippen LogP contribution in [-0.2, 0) is 13.5 Å². The Bertz CT molecular complexity index is 1060. The van der Waals surface area contributed by atoms with Crippen LogP contribution in [0.25, 0.3) is 17.2 Å². The lowest BCUT2D eigenvalue weighted by atomic mass is 9.96. The number of hydrogen-bond donors (Lipinski definition) is 0. The Morgan fingerprint density at radius 1 is 0.926 bits per heavy atom. The van der Waals surface area contributed by atoms with E-state index in [1.54, 1.807) is 16.9 Å². The second-order valence-electron chi connectivity index (χ2n) is 7.41. The topological polar surface area (TPSA) is 60.9 Å². The second kappa shape index (κ2) is 6.95. The molecule has 138 valence electrons. The summed E-state index contributed by atoms with van der Waals surface area (Å²) in [5.74, 6) is 2.13. The molecule has 1 atom stereocenters. The quantitative estimate of drug-likeness (QED) is 0.542. The van der Waals surface area contributed by atoms with Gasteiger partial charge in [0.1, 0.15) is 0 Å². The third-order valence-electron chi connectivity index (χ3n) is 4.85. The van der Waals surface area contributed by atoms with Crippen LogP contribution >= 0.6 is 0 Å². The van der Waals surface area contributed by atoms with Gasteiger partial charge in [0.05, 0.1) is 11.4 Å². The number of fused-ring (bicyclic) bond motifs is 1. The lowest BCUT2D eigenvalue weighted by Crippen LogP contribution is -2.02. The third kappa shape index (κ3) is 3.35. The first-order chi connectivity index (χ1) is 13.0. The fraction of sp³-hybridized carbons (Fsp3) is 0.333. The Labute approximate surface area is 158 Å². The van der Waals surface area contributed by atoms with Crippen molar-refractivity contribution in [2.45, 2.75) is 33.1 Å². The molecule has 4 aromatic rings. The number of nitrogens with zero attached hydrogens (tertiary/aromatic N) is 6. The summed E-state index contributed by atoms with van der Waals surface area (Å²) >= 11 is 0. The number of aromatic nitrogens is 6. The van der Waals surface area contributed by atoms with E-state index < -0.39 is 0 Å². The fourth-order valence-corrected chi connectivity index (χ4v) is 3.37. The SMILES string of the molecule is CC(C)Cc1ccc(C(C)c2nc3nccc(-c4ccnn4C)n3n2)cc1. The molecule has 1 aromatic carbocycles. The van der Waals surface area contributed by atoms with Gasteiger partial charge in [0.25, 0.3) is 5.78 Å². The van der Waals surface area contributed by atoms with Crippen molar-refractivity contribution in [3.63, 3.8) is 0 Å². The number of benzene rings is 1. The molecule has 0 N–H and O–H groups in total. The Balaban J connectivity index is 1.69. The van der Waals surface area contributed by atoms with Gasteiger partial charge in [-0.05, 0) is 35.6 Å². The molecule has 6 heteroatoms. The highest BCUT2D eigenvalue weighted by molar-refractivity contribution is 5.57. The van der Waals surface area contributed by atoms with Crippen molar-refractivity contribution < 1.29 is 0 Å². The molecule has 3 aromatic heterocycles. The Morgan fingerprint density at radius 3 is 2.33 bits per heavy atom. The minimum absolute atomic E-state index is 0.0965. The van der Waals surface area contributed by atoms with Gasteiger partial charge < -0.3 is 0 Å². The van der Waals surface area contributed by atoms with Crippen LogP contribution < -0.4 is 0 Å². The van der Waals surface area contributed by atoms with Crippen LogP contribution in [0.2, 0.25) is 0 Å². The standard InChI is InChI=1S/C21H24N6/c1-14(2)13-16-5-7-17(8-6-16)15(3)20-24-21-22-11-9-19(27(21)25-20)18-10-12-23-26(18)4/h5-12,14-15H,13H2,1-4H3. The first-order valence-electron chi connectivity index (χ1n) is 9.32. The molecule has 3 heterocycles. The maximum Gasteiger partial charge on any atom is 0.253 e. The van der Waals surface area contributed by atoms with Crippen molar-refractivity contribution in [3.05, 3.63) is 65.7 Å². The van der Waals surface area contributed by atoms with Gasteiger partial charge in [-0.2, -0.15) is 14.6 Å². The minimum atomic E-state index is 0.0965. The van der Waals surface area contributed by atoms with Crippen molar-refractivity contribution in [3.8, 4) is 11.4 Å². The highest BCUT2D eigenvalue weighted by atomic mass is 15.3. The zero-order chi connectivity index (χ0) is 19.0. The van der Waals surface area contributed by atoms with Crippen LogP contribution in [0.15, 0.2) is 48.8 Å². The highest BCUT2D eigenvalue weighted by Gasteiger charge is 2.17. The molecule has 0 aliphatic carbocycles. The van der Waals surface area contributed by atoms with Crippen molar-refractivity contribution in [2.75, 3.05) is 0 Å². The largest absolute Gasteiger partial charge is 0.266 e. The van der Waals surface area contributed by atoms with E-state index in [2.05, 4.69) is 60.1 Å². The summed E-state index contributed by atoms with van der Waals surface area (Å²) in [6.45, 7) is 6.61. The number of aryl methyl sites for hydroxylation is 1. The predicted molar refractivity (Wildman–Crippen MR) is 105 cm³/mol. The predicted octanol–water partition coefficient (Wildman–Crippen LogP) is 3.88. The van der Waals surface area contributed by atoms with Crippen LogP contribution in [0.1, 0.15) is 43.6 Å². The van der Waals surface area contributed by atoms with E-state index in [1.165, 1.54) is 11.1 Å². The summed E-state index contributed by atoms with van der Waals surface area (Å²) in [5, 5.41) is 9.01. The van der Waals surface area contributed by atoms with E-state index in [0.717, 1.165) is 23.6 Å². The minimum Gasteiger partial charge on any atom is -0.266 e. The lowest BCUT2D eigenvalue weighted by Gasteiger charge is -2.10. The molecule has 27 heavy (non-hydrogen) atoms. The highest BCUT2D eigenvalue weighted by Crippen LogP contribution is 2.24. The summed E-state index contributed by atoms with van der Waals surface area (Å²) in [7, 11) is 1.92. The molecule has 6 nitrogen and oxygen atoms in total. The number of hydrogen-bond acceptors (Lipinski definition) is 4. The van der Waals surface area contributed by atoms with Crippen LogP contribution in [0.5, 0.6) is 0 Å². The molecular weight excluding hydrogens is 336 g/mol. The van der Waals surface area contributed by atoms with Crippen LogP contribution in [0.3, 0.4) is 0 Å². The normalized spacial score (nSPS) is 12.8. The van der Waals surface area contributed by atoms with E-state index >= 15 is 0 Å². The molecule has 0 saturated carbocycles. The maximum absolute atomic E-state index is 4.76. The molecule has 0 saturated heterocycles. The van der Waals surface area contributed by atoms with Crippen molar-refractivity contribution in [1.82, 2.24) is 29.4 Å². The molecule has 4 rings (SSSR count). The summed E-state index contributed by atoms with van der Waals surface area (Å²) in [4.78, 5) is 9.06. The molecular formula is C21H24N6. The van der Waals surface area contributed by atoms with Gasteiger partial charge in [0.15, 0.2) is 5.82 Å². The van der Waals surface area contributed by atoms with E-state index in [-0.39, 0.29) is 5.92 Å². The Kier molecular flexibility index (Phi) is 4.48. The zero-order valence-corrected chi connectivity index (χ0v) is 16.2. The average molecular weight is 360 g/mol. The van der Waals surface area contributed by atoms with E-state index in [9.17, 15) is 0 Å². The van der Waals surface area contributed by atoms with Gasteiger partial charge in [-0.25, -0.2) is 4.98 Å². The van der Waals surface area contributed by atoms with Gasteiger partial charge in [-0.3, -0.25) is 4.68 Å². The van der Waals surface area contributed by atoms with Gasteiger partial charge in [-0.1, -0.05) is 45.0 Å². The molecule has 0 radical (unpaired) electrons. The molecule has 0 spiro atoms. The first kappa shape index (κ1) is 17.4. The van der Waals surface area contributed by atoms with Crippen LogP contribution in [0, 0.1) is 5.92 Å². The van der Waals surface area contributed by atoms with Crippen LogP contribution in [-0.4, -0.2) is 29.4 Å². The Morgan fingerprint density at radius 2 is 1.67 bits per heavy atom. The average Bonchev–Trinajstić information content (AvgIpc) is 3.27. The molecule has 0 aliphatic heterocycles. The zero-order valence-electron chi connectivity index (χ0n) is 16.2. The molecule has 1 unspecified atom stereocenters. The lowest BCUT2D eigenvalue weighted by molar-refractivity contribution is 0.647. The maximum atomic E-state index is 4.76. The van der Waals surface area contributed by atoms with Crippen LogP contribution in [0.4, 0.5) is 0 Å². The van der Waals surface area contributed by atoms with Gasteiger partial charge in [0, 0.05) is 25.4 Å². The van der Waals surface area contributed by atoms with Crippen molar-refractivity contribution >= 4 is 5.78 Å². The van der Waals surface area contributed by atoms with Crippen molar-refractivity contribution in [2.24, 2.45) is 13.0 Å². The van der Waals surface area contributed by atoms with E-state index in [1.807, 2.05) is 23.9 Å². The first-order valence-corrected chi connectivity index (χ1v) is 9.32. The van der Waals surface area contributed by atoms with E-state index in [4.69, 9.17) is 5.10 Å². The van der Waals surface area contributed by atoms with E-state index in [0.29, 0.717) is 11.7 Å². The fourth-order valence-electron chi connectivity index (χ4n) is 3.37. The molecule has 0 fully saturated rings. The Hall–Kier alpha value is -3.02. The van der Waals surface area contributed by atoms with Gasteiger partial charge in [-0.15, -0.1) is 5.10 Å². The van der Waals surface area contributed by atoms with Gasteiger partial charge in [0.2, 0.25) is 0 Å². The molecule has 0 bridgehead atoms. The van der Waals surface area contributed by atoms with Gasteiger partial charge >= 0.3 is 0 Å². The smallest absolute Gasteiger partial charge is 0.253 e. The monoisotopic (exact) mass is 360 g/mol.